The van der Waals surface area contributed by atoms with E-state index in [2.05, 4.69) is 4.98 Å². The summed E-state index contributed by atoms with van der Waals surface area (Å²) in [6, 6.07) is 6.50. The summed E-state index contributed by atoms with van der Waals surface area (Å²) in [5.41, 5.74) is 6.51. The molecule has 2 aromatic rings. The van der Waals surface area contributed by atoms with Crippen LogP contribution in [-0.4, -0.2) is 9.38 Å². The molecule has 0 fully saturated rings. The van der Waals surface area contributed by atoms with Gasteiger partial charge in [-0.3, -0.25) is 4.79 Å². The van der Waals surface area contributed by atoms with Crippen molar-refractivity contribution < 1.29 is 0 Å². The second-order valence-corrected chi connectivity index (χ2v) is 3.13. The van der Waals surface area contributed by atoms with Gasteiger partial charge in [0.1, 0.15) is 11.5 Å². The number of alkyl halides is 1. The van der Waals surface area contributed by atoms with E-state index in [-0.39, 0.29) is 11.4 Å². The highest BCUT2D eigenvalue weighted by atomic mass is 35.5. The summed E-state index contributed by atoms with van der Waals surface area (Å²) in [4.78, 5) is 15.7. The number of hydrogen-bond acceptors (Lipinski definition) is 3. The van der Waals surface area contributed by atoms with Gasteiger partial charge < -0.3 is 5.73 Å². The first-order valence-corrected chi connectivity index (χ1v) is 4.59. The molecule has 0 amide bonds. The molecule has 0 aliphatic heterocycles. The molecule has 5 heteroatoms. The Balaban J connectivity index is 2.90. The van der Waals surface area contributed by atoms with Crippen molar-refractivity contribution in [3.63, 3.8) is 0 Å². The van der Waals surface area contributed by atoms with Gasteiger partial charge in [0.25, 0.3) is 5.56 Å². The van der Waals surface area contributed by atoms with E-state index in [1.54, 1.807) is 18.2 Å². The van der Waals surface area contributed by atoms with E-state index in [1.165, 1.54) is 10.5 Å². The van der Waals surface area contributed by atoms with E-state index in [9.17, 15) is 4.79 Å². The van der Waals surface area contributed by atoms with Crippen LogP contribution in [0.3, 0.4) is 0 Å². The second kappa shape index (κ2) is 3.31. The fourth-order valence-electron chi connectivity index (χ4n) is 1.30. The third-order valence-electron chi connectivity index (χ3n) is 1.91. The second-order valence-electron chi connectivity index (χ2n) is 2.86. The summed E-state index contributed by atoms with van der Waals surface area (Å²) in [5, 5.41) is 0. The predicted molar refractivity (Wildman–Crippen MR) is 55.4 cm³/mol. The quantitative estimate of drug-likeness (QED) is 0.714. The summed E-state index contributed by atoms with van der Waals surface area (Å²) < 4.78 is 1.34. The minimum absolute atomic E-state index is 0.205. The number of fused-ring (bicyclic) bond motifs is 1. The molecule has 2 aromatic heterocycles. The Morgan fingerprint density at radius 2 is 2.29 bits per heavy atom. The Hall–Kier alpha value is -1.55. The number of nitrogens with zero attached hydrogens (tertiary/aromatic N) is 2. The van der Waals surface area contributed by atoms with Crippen LogP contribution in [0.1, 0.15) is 5.69 Å². The number of halogens is 1. The minimum Gasteiger partial charge on any atom is -0.385 e. The van der Waals surface area contributed by atoms with Crippen molar-refractivity contribution in [3.8, 4) is 0 Å². The van der Waals surface area contributed by atoms with Crippen molar-refractivity contribution in [2.45, 2.75) is 5.88 Å². The molecule has 2 N–H and O–H groups in total. The fourth-order valence-corrected chi connectivity index (χ4v) is 1.43. The molecule has 2 heterocycles. The smallest absolute Gasteiger partial charge is 0.259 e. The monoisotopic (exact) mass is 209 g/mol. The van der Waals surface area contributed by atoms with Crippen molar-refractivity contribution in [3.05, 3.63) is 40.3 Å². The Morgan fingerprint density at radius 1 is 1.50 bits per heavy atom. The average Bonchev–Trinajstić information content (AvgIpc) is 2.17. The summed E-state index contributed by atoms with van der Waals surface area (Å²) in [5.74, 6) is 0.599. The molecule has 0 radical (unpaired) electrons. The Kier molecular flexibility index (Phi) is 2.13. The lowest BCUT2D eigenvalue weighted by Crippen LogP contribution is -2.17. The van der Waals surface area contributed by atoms with Gasteiger partial charge in [-0.1, -0.05) is 6.07 Å². The van der Waals surface area contributed by atoms with Crippen molar-refractivity contribution in [2.75, 3.05) is 5.73 Å². The lowest BCUT2D eigenvalue weighted by atomic mass is 10.4. The highest BCUT2D eigenvalue weighted by Crippen LogP contribution is 2.05. The van der Waals surface area contributed by atoms with Crippen LogP contribution in [0.2, 0.25) is 0 Å². The van der Waals surface area contributed by atoms with Crippen LogP contribution in [0.15, 0.2) is 29.1 Å². The molecule has 0 aliphatic carbocycles. The summed E-state index contributed by atoms with van der Waals surface area (Å²) >= 11 is 5.60. The summed E-state index contributed by atoms with van der Waals surface area (Å²) in [7, 11) is 0. The standard InChI is InChI=1S/C9H8ClN3O/c10-5-6-4-9(14)13-7(11)2-1-3-8(13)12-6/h1-4H,5,11H2. The van der Waals surface area contributed by atoms with Gasteiger partial charge in [-0.2, -0.15) is 0 Å². The Labute approximate surface area is 84.9 Å². The largest absolute Gasteiger partial charge is 0.385 e. The maximum absolute atomic E-state index is 11.6. The van der Waals surface area contributed by atoms with Crippen molar-refractivity contribution in [2.24, 2.45) is 0 Å². The summed E-state index contributed by atoms with van der Waals surface area (Å²) in [6.07, 6.45) is 0. The molecule has 14 heavy (non-hydrogen) atoms. The number of nitrogen functional groups attached to an aromatic ring is 1. The van der Waals surface area contributed by atoms with Crippen LogP contribution in [0, 0.1) is 0 Å². The Bertz CT molecular complexity index is 535. The number of pyridine rings is 1. The van der Waals surface area contributed by atoms with E-state index in [0.717, 1.165) is 0 Å². The number of anilines is 1. The highest BCUT2D eigenvalue weighted by Gasteiger charge is 2.02. The summed E-state index contributed by atoms with van der Waals surface area (Å²) in [6.45, 7) is 0. The predicted octanol–water partition coefficient (Wildman–Crippen LogP) is 1.02. The third-order valence-corrected chi connectivity index (χ3v) is 2.18. The van der Waals surface area contributed by atoms with E-state index in [0.29, 0.717) is 17.2 Å². The van der Waals surface area contributed by atoms with Gasteiger partial charge in [0.15, 0.2) is 0 Å². The van der Waals surface area contributed by atoms with Crippen LogP contribution in [0.5, 0.6) is 0 Å². The first-order valence-electron chi connectivity index (χ1n) is 4.05. The number of nitrogens with two attached hydrogens (primary N) is 1. The molecule has 2 rings (SSSR count). The van der Waals surface area contributed by atoms with Gasteiger partial charge in [0, 0.05) is 6.07 Å². The van der Waals surface area contributed by atoms with E-state index in [1.807, 2.05) is 0 Å². The molecule has 0 saturated heterocycles. The first-order chi connectivity index (χ1) is 6.72. The SMILES string of the molecule is Nc1cccc2nc(CCl)cc(=O)n12. The van der Waals surface area contributed by atoms with Gasteiger partial charge in [0.05, 0.1) is 11.6 Å². The van der Waals surface area contributed by atoms with Crippen molar-refractivity contribution in [1.82, 2.24) is 9.38 Å². The van der Waals surface area contributed by atoms with Gasteiger partial charge in [-0.05, 0) is 12.1 Å². The van der Waals surface area contributed by atoms with Crippen molar-refractivity contribution in [1.29, 1.82) is 0 Å². The lowest BCUT2D eigenvalue weighted by molar-refractivity contribution is 1.02. The van der Waals surface area contributed by atoms with Gasteiger partial charge in [0.2, 0.25) is 0 Å². The number of aromatic nitrogens is 2. The molecular formula is C9H8ClN3O. The van der Waals surface area contributed by atoms with Crippen LogP contribution < -0.4 is 11.3 Å². The molecule has 0 aromatic carbocycles. The number of rotatable bonds is 1. The zero-order valence-corrected chi connectivity index (χ0v) is 8.03. The third kappa shape index (κ3) is 1.33. The van der Waals surface area contributed by atoms with E-state index in [4.69, 9.17) is 17.3 Å². The Morgan fingerprint density at radius 3 is 3.00 bits per heavy atom. The van der Waals surface area contributed by atoms with Crippen LogP contribution in [-0.2, 0) is 5.88 Å². The van der Waals surface area contributed by atoms with Crippen LogP contribution in [0.4, 0.5) is 5.82 Å². The number of hydrogen-bond donors (Lipinski definition) is 1. The maximum atomic E-state index is 11.6. The molecule has 0 spiro atoms. The highest BCUT2D eigenvalue weighted by molar-refractivity contribution is 6.16. The normalized spacial score (nSPS) is 10.6. The van der Waals surface area contributed by atoms with E-state index < -0.39 is 0 Å². The van der Waals surface area contributed by atoms with Crippen LogP contribution >= 0.6 is 11.6 Å². The molecule has 0 bridgehead atoms. The fraction of sp³-hybridized carbons (Fsp3) is 0.111. The minimum atomic E-state index is -0.205. The zero-order chi connectivity index (χ0) is 10.1. The molecule has 72 valence electrons. The molecule has 4 nitrogen and oxygen atoms in total. The molecule has 0 aliphatic rings. The maximum Gasteiger partial charge on any atom is 0.259 e. The molecular weight excluding hydrogens is 202 g/mol. The van der Waals surface area contributed by atoms with Crippen LogP contribution in [0.25, 0.3) is 5.65 Å². The van der Waals surface area contributed by atoms with E-state index >= 15 is 0 Å². The molecule has 0 unspecified atom stereocenters. The van der Waals surface area contributed by atoms with Gasteiger partial charge >= 0.3 is 0 Å². The molecule has 0 saturated carbocycles. The van der Waals surface area contributed by atoms with Gasteiger partial charge in [-0.25, -0.2) is 9.38 Å². The molecule has 0 atom stereocenters. The zero-order valence-electron chi connectivity index (χ0n) is 7.27. The van der Waals surface area contributed by atoms with Crippen molar-refractivity contribution >= 4 is 23.1 Å². The topological polar surface area (TPSA) is 60.4 Å². The first kappa shape index (κ1) is 9.02. The van der Waals surface area contributed by atoms with Gasteiger partial charge in [-0.15, -0.1) is 11.6 Å². The average molecular weight is 210 g/mol. The lowest BCUT2D eigenvalue weighted by Gasteiger charge is -2.03.